The van der Waals surface area contributed by atoms with E-state index in [-0.39, 0.29) is 16.3 Å². The summed E-state index contributed by atoms with van der Waals surface area (Å²) in [5, 5.41) is 5.70. The molecular weight excluding hydrogens is 573 g/mol. The predicted octanol–water partition coefficient (Wildman–Crippen LogP) is 5.16. The van der Waals surface area contributed by atoms with Crippen molar-refractivity contribution in [2.75, 3.05) is 62.0 Å². The Morgan fingerprint density at radius 2 is 1.83 bits per heavy atom. The quantitative estimate of drug-likeness (QED) is 0.283. The van der Waals surface area contributed by atoms with Crippen LogP contribution in [-0.2, 0) is 10.9 Å². The highest BCUT2D eigenvalue weighted by Gasteiger charge is 2.31. The molecule has 1 saturated heterocycles. The first-order valence-electron chi connectivity index (χ1n) is 13.1. The fraction of sp³-hybridized carbons (Fsp3) is 0.321. The summed E-state index contributed by atoms with van der Waals surface area (Å²) in [4.78, 5) is 35.4. The van der Waals surface area contributed by atoms with Gasteiger partial charge in [-0.1, -0.05) is 17.7 Å². The smallest absolute Gasteiger partial charge is 0.383 e. The number of rotatable bonds is 8. The molecule has 10 nitrogen and oxygen atoms in total. The molecular formula is C28H28ClF3N8O2. The number of halogens is 4. The summed E-state index contributed by atoms with van der Waals surface area (Å²) in [6.45, 7) is 6.65. The lowest BCUT2D eigenvalue weighted by atomic mass is 10.1. The van der Waals surface area contributed by atoms with Crippen molar-refractivity contribution in [2.45, 2.75) is 13.1 Å². The van der Waals surface area contributed by atoms with Crippen LogP contribution in [0.2, 0.25) is 5.02 Å². The highest BCUT2D eigenvalue weighted by molar-refractivity contribution is 6.34. The van der Waals surface area contributed by atoms with Crippen molar-refractivity contribution >= 4 is 51.7 Å². The van der Waals surface area contributed by atoms with E-state index in [1.165, 1.54) is 6.33 Å². The van der Waals surface area contributed by atoms with Gasteiger partial charge in [0.1, 0.15) is 17.4 Å². The van der Waals surface area contributed by atoms with Crippen LogP contribution in [0.1, 0.15) is 21.5 Å². The number of hydrogen-bond acceptors (Lipinski definition) is 9. The summed E-state index contributed by atoms with van der Waals surface area (Å²) < 4.78 is 44.7. The number of anilines is 4. The van der Waals surface area contributed by atoms with E-state index < -0.39 is 17.6 Å². The number of fused-ring (bicyclic) bond motifs is 1. The van der Waals surface area contributed by atoms with E-state index in [2.05, 4.69) is 35.4 Å². The first-order chi connectivity index (χ1) is 20.1. The molecule has 0 aliphatic carbocycles. The van der Waals surface area contributed by atoms with Crippen LogP contribution in [0.4, 0.5) is 36.3 Å². The maximum atomic E-state index is 13.2. The summed E-state index contributed by atoms with van der Waals surface area (Å²) in [5.74, 6) is 0.361. The zero-order valence-corrected chi connectivity index (χ0v) is 23.6. The van der Waals surface area contributed by atoms with Gasteiger partial charge < -0.3 is 20.3 Å². The number of aryl methyl sites for hydroxylation is 1. The highest BCUT2D eigenvalue weighted by Crippen LogP contribution is 2.34. The molecule has 0 radical (unpaired) electrons. The van der Waals surface area contributed by atoms with Gasteiger partial charge in [-0.05, 0) is 42.8 Å². The largest absolute Gasteiger partial charge is 0.416 e. The van der Waals surface area contributed by atoms with Gasteiger partial charge in [-0.3, -0.25) is 9.69 Å². The molecule has 2 aromatic carbocycles. The van der Waals surface area contributed by atoms with Crippen LogP contribution in [0.3, 0.4) is 0 Å². The molecule has 14 heteroatoms. The Balaban J connectivity index is 1.36. The van der Waals surface area contributed by atoms with Crippen molar-refractivity contribution < 1.29 is 22.7 Å². The summed E-state index contributed by atoms with van der Waals surface area (Å²) in [6.07, 6.45) is -1.53. The normalized spacial score (nSPS) is 14.3. The second-order valence-corrected chi connectivity index (χ2v) is 10.2. The number of aromatic nitrogens is 4. The number of carbonyl (C=O) groups excluding carboxylic acids is 1. The second-order valence-electron chi connectivity index (χ2n) is 9.75. The summed E-state index contributed by atoms with van der Waals surface area (Å²) in [6, 6.07) is 7.63. The minimum atomic E-state index is -4.58. The first kappa shape index (κ1) is 29.4. The van der Waals surface area contributed by atoms with Gasteiger partial charge in [-0.2, -0.15) is 13.2 Å². The van der Waals surface area contributed by atoms with Crippen LogP contribution in [-0.4, -0.2) is 77.2 Å². The number of methoxy groups -OCH3 is 1. The number of hydrogen-bond donors (Lipinski definition) is 2. The van der Waals surface area contributed by atoms with Gasteiger partial charge in [0, 0.05) is 51.1 Å². The van der Waals surface area contributed by atoms with Gasteiger partial charge in [0.25, 0.3) is 5.91 Å². The molecule has 4 aromatic rings. The monoisotopic (exact) mass is 600 g/mol. The van der Waals surface area contributed by atoms with E-state index in [0.29, 0.717) is 35.1 Å². The molecule has 1 aliphatic rings. The van der Waals surface area contributed by atoms with Gasteiger partial charge in [-0.15, -0.1) is 0 Å². The lowest BCUT2D eigenvalue weighted by Gasteiger charge is -2.34. The number of carbonyl (C=O) groups is 1. The molecule has 0 bridgehead atoms. The van der Waals surface area contributed by atoms with Crippen molar-refractivity contribution in [3.63, 3.8) is 0 Å². The standard InChI is InChI=1S/C28H28ClF3N8O2/c1-17-3-4-18(26(41)37-22-14-19(28(30,31)32)5-6-20(22)29)13-21(17)36-25-24-23(34-16-35-25)15-33-27(38-24)40-9-7-39(8-10-40)11-12-42-2/h3-6,13-16H,7-12H2,1-2H3,(H,37,41)(H,34,35,36). The Kier molecular flexibility index (Phi) is 8.71. The zero-order chi connectivity index (χ0) is 29.9. The fourth-order valence-corrected chi connectivity index (χ4v) is 4.66. The number of piperazine rings is 1. The first-order valence-corrected chi connectivity index (χ1v) is 13.5. The molecule has 0 atom stereocenters. The molecule has 5 rings (SSSR count). The highest BCUT2D eigenvalue weighted by atomic mass is 35.5. The third-order valence-corrected chi connectivity index (χ3v) is 7.26. The number of amides is 1. The SMILES string of the molecule is COCCN1CCN(c2ncc3ncnc(Nc4cc(C(=O)Nc5cc(C(F)(F)F)ccc5Cl)ccc4C)c3n2)CC1. The molecule has 1 amide bonds. The molecule has 1 aliphatic heterocycles. The molecule has 0 spiro atoms. The summed E-state index contributed by atoms with van der Waals surface area (Å²) in [7, 11) is 1.69. The second kappa shape index (κ2) is 12.4. The maximum absolute atomic E-state index is 13.2. The molecule has 3 heterocycles. The molecule has 220 valence electrons. The number of ether oxygens (including phenoxy) is 1. The van der Waals surface area contributed by atoms with Crippen LogP contribution in [0.15, 0.2) is 48.9 Å². The van der Waals surface area contributed by atoms with Crippen molar-refractivity contribution in [2.24, 2.45) is 0 Å². The van der Waals surface area contributed by atoms with Crippen molar-refractivity contribution in [3.8, 4) is 0 Å². The van der Waals surface area contributed by atoms with E-state index in [9.17, 15) is 18.0 Å². The maximum Gasteiger partial charge on any atom is 0.416 e. The Hall–Kier alpha value is -4.07. The lowest BCUT2D eigenvalue weighted by molar-refractivity contribution is -0.137. The third-order valence-electron chi connectivity index (χ3n) is 6.93. The van der Waals surface area contributed by atoms with Crippen molar-refractivity contribution in [1.82, 2.24) is 24.8 Å². The van der Waals surface area contributed by atoms with Gasteiger partial charge in [0.05, 0.1) is 29.1 Å². The zero-order valence-electron chi connectivity index (χ0n) is 22.9. The molecule has 2 N–H and O–H groups in total. The Labute approximate surface area is 244 Å². The van der Waals surface area contributed by atoms with E-state index in [1.54, 1.807) is 31.5 Å². The molecule has 0 saturated carbocycles. The molecule has 0 unspecified atom stereocenters. The molecule has 42 heavy (non-hydrogen) atoms. The van der Waals surface area contributed by atoms with Crippen LogP contribution in [0.5, 0.6) is 0 Å². The molecule has 1 fully saturated rings. The Morgan fingerprint density at radius 3 is 2.57 bits per heavy atom. The number of benzene rings is 2. The van der Waals surface area contributed by atoms with E-state index in [4.69, 9.17) is 21.3 Å². The van der Waals surface area contributed by atoms with Crippen molar-refractivity contribution in [3.05, 3.63) is 70.6 Å². The predicted molar refractivity (Wildman–Crippen MR) is 155 cm³/mol. The summed E-state index contributed by atoms with van der Waals surface area (Å²) >= 11 is 6.06. The third kappa shape index (κ3) is 6.69. The minimum Gasteiger partial charge on any atom is -0.383 e. The fourth-order valence-electron chi connectivity index (χ4n) is 4.50. The number of alkyl halides is 3. The minimum absolute atomic E-state index is 0.0128. The topological polar surface area (TPSA) is 108 Å². The van der Waals surface area contributed by atoms with Gasteiger partial charge in [0.2, 0.25) is 5.95 Å². The van der Waals surface area contributed by atoms with E-state index >= 15 is 0 Å². The van der Waals surface area contributed by atoms with Gasteiger partial charge in [-0.25, -0.2) is 19.9 Å². The van der Waals surface area contributed by atoms with Crippen LogP contribution in [0.25, 0.3) is 11.0 Å². The molecule has 2 aromatic heterocycles. The number of nitrogens with one attached hydrogen (secondary N) is 2. The lowest BCUT2D eigenvalue weighted by Crippen LogP contribution is -2.47. The average Bonchev–Trinajstić information content (AvgIpc) is 2.98. The Bertz CT molecular complexity index is 1600. The van der Waals surface area contributed by atoms with Crippen LogP contribution >= 0.6 is 11.6 Å². The van der Waals surface area contributed by atoms with Crippen LogP contribution in [0, 0.1) is 6.92 Å². The van der Waals surface area contributed by atoms with Crippen molar-refractivity contribution in [1.29, 1.82) is 0 Å². The van der Waals surface area contributed by atoms with Crippen LogP contribution < -0.4 is 15.5 Å². The van der Waals surface area contributed by atoms with Gasteiger partial charge in [0.15, 0.2) is 5.82 Å². The van der Waals surface area contributed by atoms with E-state index in [1.807, 2.05) is 6.92 Å². The average molecular weight is 601 g/mol. The summed E-state index contributed by atoms with van der Waals surface area (Å²) in [5.41, 5.74) is 1.56. The Morgan fingerprint density at radius 1 is 1.05 bits per heavy atom. The van der Waals surface area contributed by atoms with E-state index in [0.717, 1.165) is 56.5 Å². The number of nitrogens with zero attached hydrogens (tertiary/aromatic N) is 6. The van der Waals surface area contributed by atoms with Gasteiger partial charge >= 0.3 is 6.18 Å².